The van der Waals surface area contributed by atoms with Crippen LogP contribution in [0, 0.1) is 0 Å². The number of ether oxygens (including phenoxy) is 1. The van der Waals surface area contributed by atoms with Crippen molar-refractivity contribution in [2.24, 2.45) is 0 Å². The molecular weight excluding hydrogens is 328 g/mol. The van der Waals surface area contributed by atoms with Gasteiger partial charge in [0.25, 0.3) is 0 Å². The third-order valence-electron chi connectivity index (χ3n) is 3.15. The lowest BCUT2D eigenvalue weighted by atomic mass is 10.2. The van der Waals surface area contributed by atoms with Crippen molar-refractivity contribution in [2.75, 3.05) is 7.11 Å². The Labute approximate surface area is 125 Å². The minimum Gasteiger partial charge on any atom is -0.497 e. The quantitative estimate of drug-likeness (QED) is 0.775. The maximum Gasteiger partial charge on any atom is 0.161 e. The van der Waals surface area contributed by atoms with Crippen LogP contribution < -0.4 is 4.74 Å². The molecule has 3 nitrogen and oxygen atoms in total. The summed E-state index contributed by atoms with van der Waals surface area (Å²) in [4.78, 5) is 8.97. The summed E-state index contributed by atoms with van der Waals surface area (Å²) in [5, 5.41) is 0.475. The van der Waals surface area contributed by atoms with Gasteiger partial charge in [0.15, 0.2) is 5.82 Å². The maximum absolute atomic E-state index is 6.18. The van der Waals surface area contributed by atoms with E-state index >= 15 is 0 Å². The predicted molar refractivity (Wildman–Crippen MR) is 78.7 cm³/mol. The zero-order valence-electron chi connectivity index (χ0n) is 10.4. The van der Waals surface area contributed by atoms with E-state index in [1.807, 2.05) is 24.3 Å². The summed E-state index contributed by atoms with van der Waals surface area (Å²) >= 11 is 9.65. The van der Waals surface area contributed by atoms with E-state index in [0.717, 1.165) is 21.5 Å². The van der Waals surface area contributed by atoms with Crippen LogP contribution in [0.3, 0.4) is 0 Å². The Morgan fingerprint density at radius 1 is 1.21 bits per heavy atom. The number of hydrogen-bond acceptors (Lipinski definition) is 3. The normalized spacial score (nSPS) is 14.5. The van der Waals surface area contributed by atoms with E-state index in [-0.39, 0.29) is 0 Å². The molecule has 3 rings (SSSR count). The standard InChI is InChI=1S/C14H12BrClN2O/c1-19-10-6-4-9(5-7-10)14-17-12(8-2-3-8)11(15)13(16)18-14/h4-8H,2-3H2,1H3. The first kappa shape index (κ1) is 12.9. The summed E-state index contributed by atoms with van der Waals surface area (Å²) in [6.45, 7) is 0. The number of nitrogens with zero attached hydrogens (tertiary/aromatic N) is 2. The molecule has 1 aliphatic carbocycles. The smallest absolute Gasteiger partial charge is 0.161 e. The largest absolute Gasteiger partial charge is 0.497 e. The van der Waals surface area contributed by atoms with Gasteiger partial charge in [0, 0.05) is 11.5 Å². The molecule has 98 valence electrons. The van der Waals surface area contributed by atoms with Gasteiger partial charge >= 0.3 is 0 Å². The van der Waals surface area contributed by atoms with E-state index in [2.05, 4.69) is 25.9 Å². The molecule has 0 saturated heterocycles. The summed E-state index contributed by atoms with van der Waals surface area (Å²) in [6, 6.07) is 7.67. The minimum atomic E-state index is 0.475. The second-order valence-electron chi connectivity index (χ2n) is 4.54. The molecule has 1 aromatic carbocycles. The van der Waals surface area contributed by atoms with Gasteiger partial charge in [-0.25, -0.2) is 9.97 Å². The zero-order chi connectivity index (χ0) is 13.4. The number of aromatic nitrogens is 2. The molecule has 0 aliphatic heterocycles. The van der Waals surface area contributed by atoms with E-state index in [9.17, 15) is 0 Å². The maximum atomic E-state index is 6.18. The summed E-state index contributed by atoms with van der Waals surface area (Å²) in [7, 11) is 1.65. The Hall–Kier alpha value is -1.13. The first-order valence-electron chi connectivity index (χ1n) is 6.06. The van der Waals surface area contributed by atoms with Crippen LogP contribution in [0.15, 0.2) is 28.7 Å². The highest BCUT2D eigenvalue weighted by atomic mass is 79.9. The highest BCUT2D eigenvalue weighted by Crippen LogP contribution is 2.44. The van der Waals surface area contributed by atoms with Crippen LogP contribution in [-0.4, -0.2) is 17.1 Å². The molecule has 19 heavy (non-hydrogen) atoms. The van der Waals surface area contributed by atoms with Gasteiger partial charge in [-0.1, -0.05) is 11.6 Å². The summed E-state index contributed by atoms with van der Waals surface area (Å²) in [6.07, 6.45) is 2.35. The Morgan fingerprint density at radius 2 is 1.89 bits per heavy atom. The van der Waals surface area contributed by atoms with Crippen LogP contribution in [0.5, 0.6) is 5.75 Å². The molecular formula is C14H12BrClN2O. The zero-order valence-corrected chi connectivity index (χ0v) is 12.7. The van der Waals surface area contributed by atoms with Crippen molar-refractivity contribution in [1.82, 2.24) is 9.97 Å². The van der Waals surface area contributed by atoms with Gasteiger partial charge in [0.05, 0.1) is 17.3 Å². The second-order valence-corrected chi connectivity index (χ2v) is 5.69. The molecule has 0 radical (unpaired) electrons. The Balaban J connectivity index is 2.03. The van der Waals surface area contributed by atoms with Crippen LogP contribution in [-0.2, 0) is 0 Å². The molecule has 5 heteroatoms. The van der Waals surface area contributed by atoms with Crippen LogP contribution >= 0.6 is 27.5 Å². The van der Waals surface area contributed by atoms with Gasteiger partial charge in [0.2, 0.25) is 0 Å². The topological polar surface area (TPSA) is 35.0 Å². The van der Waals surface area contributed by atoms with Crippen molar-refractivity contribution in [1.29, 1.82) is 0 Å². The number of hydrogen-bond donors (Lipinski definition) is 0. The van der Waals surface area contributed by atoms with Crippen molar-refractivity contribution in [2.45, 2.75) is 18.8 Å². The molecule has 1 aliphatic rings. The molecule has 2 aromatic rings. The van der Waals surface area contributed by atoms with Crippen molar-refractivity contribution < 1.29 is 4.74 Å². The van der Waals surface area contributed by atoms with Crippen molar-refractivity contribution >= 4 is 27.5 Å². The summed E-state index contributed by atoms with van der Waals surface area (Å²) < 4.78 is 5.97. The van der Waals surface area contributed by atoms with Gasteiger partial charge in [-0.15, -0.1) is 0 Å². The summed E-state index contributed by atoms with van der Waals surface area (Å²) in [5.41, 5.74) is 1.96. The first-order chi connectivity index (χ1) is 9.19. The fraction of sp³-hybridized carbons (Fsp3) is 0.286. The summed E-state index contributed by atoms with van der Waals surface area (Å²) in [5.74, 6) is 2.00. The minimum absolute atomic E-state index is 0.475. The van der Waals surface area contributed by atoms with Crippen molar-refractivity contribution in [3.63, 3.8) is 0 Å². The SMILES string of the molecule is COc1ccc(-c2nc(Cl)c(Br)c(C3CC3)n2)cc1. The van der Waals surface area contributed by atoms with E-state index in [1.54, 1.807) is 7.11 Å². The fourth-order valence-electron chi connectivity index (χ4n) is 1.93. The van der Waals surface area contributed by atoms with Crippen LogP contribution in [0.2, 0.25) is 5.15 Å². The van der Waals surface area contributed by atoms with Gasteiger partial charge < -0.3 is 4.74 Å². The molecule has 1 aromatic heterocycles. The van der Waals surface area contributed by atoms with Crippen molar-refractivity contribution in [3.05, 3.63) is 39.6 Å². The van der Waals surface area contributed by atoms with Crippen LogP contribution in [0.1, 0.15) is 24.5 Å². The third kappa shape index (κ3) is 2.60. The molecule has 0 unspecified atom stereocenters. The molecule has 0 atom stereocenters. The highest BCUT2D eigenvalue weighted by molar-refractivity contribution is 9.10. The first-order valence-corrected chi connectivity index (χ1v) is 7.23. The fourth-order valence-corrected chi connectivity index (χ4v) is 2.61. The lowest BCUT2D eigenvalue weighted by Gasteiger charge is -2.08. The molecule has 1 saturated carbocycles. The molecule has 0 amide bonds. The van der Waals surface area contributed by atoms with Gasteiger partial charge in [-0.2, -0.15) is 0 Å². The Morgan fingerprint density at radius 3 is 2.47 bits per heavy atom. The van der Waals surface area contributed by atoms with E-state index in [4.69, 9.17) is 16.3 Å². The second kappa shape index (κ2) is 5.10. The monoisotopic (exact) mass is 338 g/mol. The van der Waals surface area contributed by atoms with Crippen molar-refractivity contribution in [3.8, 4) is 17.1 Å². The Bertz CT molecular complexity index is 612. The number of methoxy groups -OCH3 is 1. The molecule has 0 N–H and O–H groups in total. The lowest BCUT2D eigenvalue weighted by molar-refractivity contribution is 0.415. The van der Waals surface area contributed by atoms with E-state index < -0.39 is 0 Å². The van der Waals surface area contributed by atoms with Gasteiger partial charge in [-0.05, 0) is 53.0 Å². The number of rotatable bonds is 3. The van der Waals surface area contributed by atoms with Gasteiger partial charge in [-0.3, -0.25) is 0 Å². The molecule has 1 fully saturated rings. The van der Waals surface area contributed by atoms with Crippen LogP contribution in [0.25, 0.3) is 11.4 Å². The average Bonchev–Trinajstić information content (AvgIpc) is 3.26. The van der Waals surface area contributed by atoms with Crippen LogP contribution in [0.4, 0.5) is 0 Å². The molecule has 1 heterocycles. The highest BCUT2D eigenvalue weighted by Gasteiger charge is 2.29. The number of halogens is 2. The Kier molecular flexibility index (Phi) is 3.46. The number of benzene rings is 1. The molecule has 0 bridgehead atoms. The third-order valence-corrected chi connectivity index (χ3v) is 4.43. The lowest BCUT2D eigenvalue weighted by Crippen LogP contribution is -1.97. The van der Waals surface area contributed by atoms with E-state index in [1.165, 1.54) is 12.8 Å². The molecule has 0 spiro atoms. The predicted octanol–water partition coefficient (Wildman–Crippen LogP) is 4.45. The van der Waals surface area contributed by atoms with Gasteiger partial charge in [0.1, 0.15) is 10.9 Å². The average molecular weight is 340 g/mol. The van der Waals surface area contributed by atoms with E-state index in [0.29, 0.717) is 16.9 Å².